The fourth-order valence-corrected chi connectivity index (χ4v) is 2.67. The Morgan fingerprint density at radius 1 is 1.06 bits per heavy atom. The second kappa shape index (κ2) is 3.85. The van der Waals surface area contributed by atoms with Crippen LogP contribution in [0.5, 0.6) is 0 Å². The van der Waals surface area contributed by atoms with Crippen LogP contribution in [0.1, 0.15) is 24.8 Å². The molecule has 3 heterocycles. The summed E-state index contributed by atoms with van der Waals surface area (Å²) in [6.07, 6.45) is 6.23. The molecule has 1 aliphatic heterocycles. The summed E-state index contributed by atoms with van der Waals surface area (Å²) in [4.78, 5) is 2.52. The SMILES string of the molecule is Cc1cc(N2CCCCC2)n2ccccc12. The van der Waals surface area contributed by atoms with Crippen LogP contribution in [0.3, 0.4) is 0 Å². The Kier molecular flexibility index (Phi) is 2.35. The molecule has 1 aliphatic rings. The van der Waals surface area contributed by atoms with Crippen molar-refractivity contribution in [2.45, 2.75) is 26.2 Å². The van der Waals surface area contributed by atoms with Crippen molar-refractivity contribution in [2.75, 3.05) is 18.0 Å². The zero-order valence-corrected chi connectivity index (χ0v) is 9.82. The maximum atomic E-state index is 2.52. The lowest BCUT2D eigenvalue weighted by atomic mass is 10.1. The summed E-state index contributed by atoms with van der Waals surface area (Å²) in [5.74, 6) is 1.37. The maximum Gasteiger partial charge on any atom is 0.113 e. The topological polar surface area (TPSA) is 7.65 Å². The Labute approximate surface area is 96.5 Å². The summed E-state index contributed by atoms with van der Waals surface area (Å²) in [6.45, 7) is 4.61. The molecule has 0 aromatic carbocycles. The van der Waals surface area contributed by atoms with E-state index in [1.165, 1.54) is 49.2 Å². The monoisotopic (exact) mass is 214 g/mol. The maximum absolute atomic E-state index is 2.52. The van der Waals surface area contributed by atoms with Crippen LogP contribution in [0, 0.1) is 6.92 Å². The molecular formula is C14H18N2. The van der Waals surface area contributed by atoms with Crippen LogP contribution in [0.4, 0.5) is 5.82 Å². The van der Waals surface area contributed by atoms with Gasteiger partial charge >= 0.3 is 0 Å². The average Bonchev–Trinajstić information content (AvgIpc) is 2.69. The Morgan fingerprint density at radius 2 is 1.88 bits per heavy atom. The highest BCUT2D eigenvalue weighted by molar-refractivity contribution is 5.64. The van der Waals surface area contributed by atoms with Crippen molar-refractivity contribution in [3.05, 3.63) is 36.0 Å². The lowest BCUT2D eigenvalue weighted by Crippen LogP contribution is -2.30. The summed E-state index contributed by atoms with van der Waals surface area (Å²) < 4.78 is 2.32. The molecule has 0 N–H and O–H groups in total. The summed E-state index contributed by atoms with van der Waals surface area (Å²) in [6, 6.07) is 8.74. The predicted molar refractivity (Wildman–Crippen MR) is 68.2 cm³/mol. The van der Waals surface area contributed by atoms with Gasteiger partial charge in [0.25, 0.3) is 0 Å². The van der Waals surface area contributed by atoms with E-state index in [0.29, 0.717) is 0 Å². The molecule has 0 bridgehead atoms. The molecule has 16 heavy (non-hydrogen) atoms. The van der Waals surface area contributed by atoms with Gasteiger partial charge < -0.3 is 9.30 Å². The Balaban J connectivity index is 2.08. The van der Waals surface area contributed by atoms with E-state index in [9.17, 15) is 0 Å². The summed E-state index contributed by atoms with van der Waals surface area (Å²) >= 11 is 0. The van der Waals surface area contributed by atoms with E-state index in [2.05, 4.69) is 46.7 Å². The Bertz CT molecular complexity index is 492. The molecule has 0 amide bonds. The highest BCUT2D eigenvalue weighted by atomic mass is 15.2. The number of fused-ring (bicyclic) bond motifs is 1. The molecule has 2 nitrogen and oxygen atoms in total. The normalized spacial score (nSPS) is 16.9. The fourth-order valence-electron chi connectivity index (χ4n) is 2.67. The second-order valence-electron chi connectivity index (χ2n) is 4.69. The lowest BCUT2D eigenvalue weighted by molar-refractivity contribution is 0.572. The molecule has 0 radical (unpaired) electrons. The first-order chi connectivity index (χ1) is 7.86. The van der Waals surface area contributed by atoms with E-state index in [0.717, 1.165) is 0 Å². The van der Waals surface area contributed by atoms with E-state index >= 15 is 0 Å². The average molecular weight is 214 g/mol. The van der Waals surface area contributed by atoms with Crippen molar-refractivity contribution in [3.63, 3.8) is 0 Å². The molecule has 2 aromatic heterocycles. The highest BCUT2D eigenvalue weighted by Crippen LogP contribution is 2.25. The molecular weight excluding hydrogens is 196 g/mol. The second-order valence-corrected chi connectivity index (χ2v) is 4.69. The minimum atomic E-state index is 1.21. The van der Waals surface area contributed by atoms with Gasteiger partial charge in [0, 0.05) is 24.8 Å². The molecule has 3 rings (SSSR count). The number of rotatable bonds is 1. The van der Waals surface area contributed by atoms with Gasteiger partial charge in [-0.05, 0) is 49.9 Å². The van der Waals surface area contributed by atoms with Crippen molar-refractivity contribution in [2.24, 2.45) is 0 Å². The van der Waals surface area contributed by atoms with E-state index in [1.807, 2.05) is 0 Å². The van der Waals surface area contributed by atoms with Crippen LogP contribution in [0.15, 0.2) is 30.5 Å². The molecule has 2 aromatic rings. The highest BCUT2D eigenvalue weighted by Gasteiger charge is 2.15. The van der Waals surface area contributed by atoms with Gasteiger partial charge in [-0.3, -0.25) is 0 Å². The smallest absolute Gasteiger partial charge is 0.113 e. The summed E-state index contributed by atoms with van der Waals surface area (Å²) in [5.41, 5.74) is 2.71. The zero-order valence-electron chi connectivity index (χ0n) is 9.82. The van der Waals surface area contributed by atoms with Gasteiger partial charge in [0.1, 0.15) is 5.82 Å². The minimum absolute atomic E-state index is 1.21. The molecule has 1 fully saturated rings. The molecule has 0 unspecified atom stereocenters. The van der Waals surface area contributed by atoms with Crippen LogP contribution in [-0.4, -0.2) is 17.5 Å². The van der Waals surface area contributed by atoms with Gasteiger partial charge in [0.2, 0.25) is 0 Å². The third kappa shape index (κ3) is 1.49. The van der Waals surface area contributed by atoms with Crippen molar-refractivity contribution < 1.29 is 0 Å². The zero-order chi connectivity index (χ0) is 11.0. The van der Waals surface area contributed by atoms with E-state index in [4.69, 9.17) is 0 Å². The van der Waals surface area contributed by atoms with Gasteiger partial charge in [-0.2, -0.15) is 0 Å². The van der Waals surface area contributed by atoms with Gasteiger partial charge in [-0.25, -0.2) is 0 Å². The fraction of sp³-hybridized carbons (Fsp3) is 0.429. The van der Waals surface area contributed by atoms with Gasteiger partial charge in [-0.15, -0.1) is 0 Å². The third-order valence-corrected chi connectivity index (χ3v) is 3.54. The first kappa shape index (κ1) is 9.76. The van der Waals surface area contributed by atoms with E-state index < -0.39 is 0 Å². The first-order valence-electron chi connectivity index (χ1n) is 6.18. The van der Waals surface area contributed by atoms with Crippen molar-refractivity contribution in [1.82, 2.24) is 4.40 Å². The van der Waals surface area contributed by atoms with Gasteiger partial charge in [0.05, 0.1) is 0 Å². The third-order valence-electron chi connectivity index (χ3n) is 3.54. The lowest BCUT2D eigenvalue weighted by Gasteiger charge is -2.28. The van der Waals surface area contributed by atoms with Crippen molar-refractivity contribution in [1.29, 1.82) is 0 Å². The van der Waals surface area contributed by atoms with Crippen LogP contribution in [0.25, 0.3) is 5.52 Å². The molecule has 0 spiro atoms. The van der Waals surface area contributed by atoms with E-state index in [1.54, 1.807) is 0 Å². The van der Waals surface area contributed by atoms with Crippen molar-refractivity contribution >= 4 is 11.3 Å². The number of aromatic nitrogens is 1. The largest absolute Gasteiger partial charge is 0.358 e. The quantitative estimate of drug-likeness (QED) is 0.707. The summed E-state index contributed by atoms with van der Waals surface area (Å²) in [5, 5.41) is 0. The summed E-state index contributed by atoms with van der Waals surface area (Å²) in [7, 11) is 0. The van der Waals surface area contributed by atoms with Gasteiger partial charge in [-0.1, -0.05) is 6.07 Å². The molecule has 0 aliphatic carbocycles. The first-order valence-corrected chi connectivity index (χ1v) is 6.18. The molecule has 1 saturated heterocycles. The number of aryl methyl sites for hydroxylation is 1. The van der Waals surface area contributed by atoms with Crippen LogP contribution in [-0.2, 0) is 0 Å². The van der Waals surface area contributed by atoms with Crippen LogP contribution >= 0.6 is 0 Å². The van der Waals surface area contributed by atoms with Gasteiger partial charge in [0.15, 0.2) is 0 Å². The Morgan fingerprint density at radius 3 is 2.69 bits per heavy atom. The number of hydrogen-bond donors (Lipinski definition) is 0. The molecule has 84 valence electrons. The van der Waals surface area contributed by atoms with Crippen LogP contribution < -0.4 is 4.90 Å². The Hall–Kier alpha value is -1.44. The number of hydrogen-bond acceptors (Lipinski definition) is 1. The number of pyridine rings is 1. The predicted octanol–water partition coefficient (Wildman–Crippen LogP) is 3.24. The molecule has 0 saturated carbocycles. The molecule has 2 heteroatoms. The van der Waals surface area contributed by atoms with E-state index in [-0.39, 0.29) is 0 Å². The minimum Gasteiger partial charge on any atom is -0.358 e. The number of piperidine rings is 1. The van der Waals surface area contributed by atoms with Crippen LogP contribution in [0.2, 0.25) is 0 Å². The number of anilines is 1. The standard InChI is InChI=1S/C14H18N2/c1-12-11-14(15-8-4-2-5-9-15)16-10-6-3-7-13(12)16/h3,6-7,10-11H,2,4-5,8-9H2,1H3. The molecule has 0 atom stereocenters. The number of nitrogens with zero attached hydrogens (tertiary/aromatic N) is 2. The van der Waals surface area contributed by atoms with Crippen molar-refractivity contribution in [3.8, 4) is 0 Å².